The van der Waals surface area contributed by atoms with E-state index in [2.05, 4.69) is 31.2 Å². The first-order chi connectivity index (χ1) is 8.08. The van der Waals surface area contributed by atoms with E-state index in [0.29, 0.717) is 0 Å². The van der Waals surface area contributed by atoms with Crippen LogP contribution in [0.2, 0.25) is 0 Å². The molecule has 1 unspecified atom stereocenters. The first kappa shape index (κ1) is 11.7. The van der Waals surface area contributed by atoms with Crippen molar-refractivity contribution in [2.75, 3.05) is 5.73 Å². The van der Waals surface area contributed by atoms with Gasteiger partial charge in [0.25, 0.3) is 0 Å². The molecule has 0 aromatic heterocycles. The molecular weight excluding hydrogens is 208 g/mol. The third-order valence-electron chi connectivity index (χ3n) is 3.01. The lowest BCUT2D eigenvalue weighted by Crippen LogP contribution is -2.13. The average Bonchev–Trinajstić information content (AvgIpc) is 2.29. The predicted molar refractivity (Wildman–Crippen MR) is 72.8 cm³/mol. The predicted octanol–water partition coefficient (Wildman–Crippen LogP) is 2.93. The standard InChI is InChI=1S/C15H18N2/c1-10-3-6-12(7-4-10)15(17)13-8-5-11(2)9-14(13)16/h3-9,15H,16-17H2,1-2H3. The number of rotatable bonds is 2. The molecule has 0 radical (unpaired) electrons. The maximum absolute atomic E-state index is 6.24. The normalized spacial score (nSPS) is 12.4. The Hall–Kier alpha value is -1.80. The molecule has 88 valence electrons. The zero-order valence-corrected chi connectivity index (χ0v) is 10.3. The molecule has 17 heavy (non-hydrogen) atoms. The number of benzene rings is 2. The van der Waals surface area contributed by atoms with E-state index >= 15 is 0 Å². The molecule has 0 fully saturated rings. The summed E-state index contributed by atoms with van der Waals surface area (Å²) in [7, 11) is 0. The van der Waals surface area contributed by atoms with Crippen LogP contribution in [0.5, 0.6) is 0 Å². The maximum atomic E-state index is 6.24. The quantitative estimate of drug-likeness (QED) is 0.773. The smallest absolute Gasteiger partial charge is 0.0572 e. The number of aryl methyl sites for hydroxylation is 2. The molecule has 0 aliphatic heterocycles. The summed E-state index contributed by atoms with van der Waals surface area (Å²) in [5.41, 5.74) is 17.5. The Morgan fingerprint density at radius 2 is 1.47 bits per heavy atom. The third kappa shape index (κ3) is 2.48. The summed E-state index contributed by atoms with van der Waals surface area (Å²) in [5, 5.41) is 0. The van der Waals surface area contributed by atoms with Crippen molar-refractivity contribution in [1.29, 1.82) is 0 Å². The Morgan fingerprint density at radius 1 is 0.882 bits per heavy atom. The van der Waals surface area contributed by atoms with Crippen molar-refractivity contribution in [3.05, 3.63) is 64.7 Å². The molecule has 0 amide bonds. The van der Waals surface area contributed by atoms with Crippen molar-refractivity contribution in [3.8, 4) is 0 Å². The summed E-state index contributed by atoms with van der Waals surface area (Å²) in [5.74, 6) is 0. The molecule has 4 N–H and O–H groups in total. The second kappa shape index (κ2) is 4.60. The summed E-state index contributed by atoms with van der Waals surface area (Å²) in [4.78, 5) is 0. The van der Waals surface area contributed by atoms with Gasteiger partial charge in [-0.25, -0.2) is 0 Å². The van der Waals surface area contributed by atoms with Gasteiger partial charge in [0.15, 0.2) is 0 Å². The molecule has 2 aromatic rings. The average molecular weight is 226 g/mol. The van der Waals surface area contributed by atoms with E-state index in [1.54, 1.807) is 0 Å². The second-order valence-corrected chi connectivity index (χ2v) is 4.52. The molecular formula is C15H18N2. The van der Waals surface area contributed by atoms with Gasteiger partial charge in [-0.3, -0.25) is 0 Å². The first-order valence-corrected chi connectivity index (χ1v) is 5.76. The van der Waals surface area contributed by atoms with Gasteiger partial charge in [0.1, 0.15) is 0 Å². The lowest BCUT2D eigenvalue weighted by molar-refractivity contribution is 0.873. The van der Waals surface area contributed by atoms with Crippen LogP contribution in [-0.2, 0) is 0 Å². The van der Waals surface area contributed by atoms with Crippen molar-refractivity contribution < 1.29 is 0 Å². The van der Waals surface area contributed by atoms with Crippen molar-refractivity contribution in [2.45, 2.75) is 19.9 Å². The van der Waals surface area contributed by atoms with Crippen molar-refractivity contribution in [1.82, 2.24) is 0 Å². The Kier molecular flexibility index (Phi) is 3.16. The molecule has 2 rings (SSSR count). The molecule has 0 aliphatic rings. The fourth-order valence-corrected chi connectivity index (χ4v) is 1.93. The van der Waals surface area contributed by atoms with Gasteiger partial charge in [-0.15, -0.1) is 0 Å². The first-order valence-electron chi connectivity index (χ1n) is 5.76. The van der Waals surface area contributed by atoms with E-state index in [1.165, 1.54) is 5.56 Å². The van der Waals surface area contributed by atoms with E-state index < -0.39 is 0 Å². The minimum absolute atomic E-state index is 0.156. The fraction of sp³-hybridized carbons (Fsp3) is 0.200. The molecule has 0 aliphatic carbocycles. The largest absolute Gasteiger partial charge is 0.398 e. The molecule has 0 saturated heterocycles. The lowest BCUT2D eigenvalue weighted by Gasteiger charge is -2.15. The van der Waals surface area contributed by atoms with Gasteiger partial charge >= 0.3 is 0 Å². The molecule has 1 atom stereocenters. The number of nitrogen functional groups attached to an aromatic ring is 1. The minimum atomic E-state index is -0.156. The minimum Gasteiger partial charge on any atom is -0.398 e. The van der Waals surface area contributed by atoms with E-state index in [-0.39, 0.29) is 6.04 Å². The van der Waals surface area contributed by atoms with Gasteiger partial charge in [-0.2, -0.15) is 0 Å². The number of nitrogens with two attached hydrogens (primary N) is 2. The Balaban J connectivity index is 2.36. The van der Waals surface area contributed by atoms with Crippen molar-refractivity contribution in [3.63, 3.8) is 0 Å². The van der Waals surface area contributed by atoms with Crippen LogP contribution in [-0.4, -0.2) is 0 Å². The van der Waals surface area contributed by atoms with Crippen LogP contribution in [0.1, 0.15) is 28.3 Å². The Morgan fingerprint density at radius 3 is 2.06 bits per heavy atom. The molecule has 2 nitrogen and oxygen atoms in total. The van der Waals surface area contributed by atoms with E-state index in [9.17, 15) is 0 Å². The summed E-state index contributed by atoms with van der Waals surface area (Å²) >= 11 is 0. The summed E-state index contributed by atoms with van der Waals surface area (Å²) in [6.45, 7) is 4.09. The SMILES string of the molecule is Cc1ccc(C(N)c2ccc(C)cc2N)cc1. The van der Waals surface area contributed by atoms with Crippen LogP contribution in [0.15, 0.2) is 42.5 Å². The highest BCUT2D eigenvalue weighted by molar-refractivity contribution is 5.53. The van der Waals surface area contributed by atoms with E-state index in [4.69, 9.17) is 11.5 Å². The number of anilines is 1. The van der Waals surface area contributed by atoms with Gasteiger partial charge in [-0.1, -0.05) is 42.0 Å². The van der Waals surface area contributed by atoms with E-state index in [1.807, 2.05) is 25.1 Å². The third-order valence-corrected chi connectivity index (χ3v) is 3.01. The highest BCUT2D eigenvalue weighted by atomic mass is 14.7. The van der Waals surface area contributed by atoms with Crippen LogP contribution in [0, 0.1) is 13.8 Å². The van der Waals surface area contributed by atoms with Crippen LogP contribution in [0.4, 0.5) is 5.69 Å². The summed E-state index contributed by atoms with van der Waals surface area (Å²) < 4.78 is 0. The zero-order valence-electron chi connectivity index (χ0n) is 10.3. The molecule has 2 heteroatoms. The lowest BCUT2D eigenvalue weighted by atomic mass is 9.96. The van der Waals surface area contributed by atoms with Crippen molar-refractivity contribution >= 4 is 5.69 Å². The molecule has 0 saturated carbocycles. The van der Waals surface area contributed by atoms with Gasteiger partial charge in [-0.05, 0) is 36.6 Å². The molecule has 0 bridgehead atoms. The van der Waals surface area contributed by atoms with Gasteiger partial charge < -0.3 is 11.5 Å². The molecule has 0 heterocycles. The zero-order chi connectivity index (χ0) is 12.4. The fourth-order valence-electron chi connectivity index (χ4n) is 1.93. The highest BCUT2D eigenvalue weighted by Gasteiger charge is 2.11. The van der Waals surface area contributed by atoms with Crippen LogP contribution >= 0.6 is 0 Å². The Labute approximate surface area is 102 Å². The van der Waals surface area contributed by atoms with Crippen LogP contribution in [0.25, 0.3) is 0 Å². The van der Waals surface area contributed by atoms with Crippen LogP contribution < -0.4 is 11.5 Å². The second-order valence-electron chi connectivity index (χ2n) is 4.52. The Bertz CT molecular complexity index is 515. The monoisotopic (exact) mass is 226 g/mol. The molecule has 0 spiro atoms. The van der Waals surface area contributed by atoms with Crippen LogP contribution in [0.3, 0.4) is 0 Å². The number of hydrogen-bond donors (Lipinski definition) is 2. The topological polar surface area (TPSA) is 52.0 Å². The highest BCUT2D eigenvalue weighted by Crippen LogP contribution is 2.25. The van der Waals surface area contributed by atoms with Gasteiger partial charge in [0, 0.05) is 5.69 Å². The van der Waals surface area contributed by atoms with Gasteiger partial charge in [0.05, 0.1) is 6.04 Å². The summed E-state index contributed by atoms with van der Waals surface area (Å²) in [6.07, 6.45) is 0. The van der Waals surface area contributed by atoms with Gasteiger partial charge in [0.2, 0.25) is 0 Å². The molecule has 2 aromatic carbocycles. The number of hydrogen-bond acceptors (Lipinski definition) is 2. The maximum Gasteiger partial charge on any atom is 0.0572 e. The summed E-state index contributed by atoms with van der Waals surface area (Å²) in [6, 6.07) is 14.1. The van der Waals surface area contributed by atoms with E-state index in [0.717, 1.165) is 22.4 Å². The van der Waals surface area contributed by atoms with Crippen molar-refractivity contribution in [2.24, 2.45) is 5.73 Å².